The lowest BCUT2D eigenvalue weighted by molar-refractivity contribution is -0.111. The van der Waals surface area contributed by atoms with Crippen LogP contribution in [0.1, 0.15) is 52.0 Å². The van der Waals surface area contributed by atoms with Crippen molar-refractivity contribution in [3.63, 3.8) is 0 Å². The first-order chi connectivity index (χ1) is 13.1. The molecule has 0 atom stereocenters. The minimum absolute atomic E-state index is 0.297. The van der Waals surface area contributed by atoms with Crippen molar-refractivity contribution in [2.45, 2.75) is 38.5 Å². The van der Waals surface area contributed by atoms with E-state index in [1.807, 2.05) is 18.2 Å². The summed E-state index contributed by atoms with van der Waals surface area (Å²) in [5, 5.41) is 4.01. The Bertz CT molecular complexity index is 872. The number of carbonyl (C=O) groups excluding carboxylic acids is 2. The second-order valence-corrected chi connectivity index (χ2v) is 7.97. The van der Waals surface area contributed by atoms with Crippen molar-refractivity contribution in [3.8, 4) is 0 Å². The molecule has 0 saturated carbocycles. The number of hydrogen-bond acceptors (Lipinski definition) is 4. The Hall–Kier alpha value is -2.11. The molecule has 0 radical (unpaired) electrons. The topological polar surface area (TPSA) is 55.4 Å². The lowest BCUT2D eigenvalue weighted by atomic mass is 9.96. The van der Waals surface area contributed by atoms with Crippen LogP contribution in [-0.4, -0.2) is 19.0 Å². The Morgan fingerprint density at radius 1 is 1.15 bits per heavy atom. The summed E-state index contributed by atoms with van der Waals surface area (Å²) < 4.78 is 4.98. The van der Waals surface area contributed by atoms with Crippen LogP contribution >= 0.6 is 22.9 Å². The number of thiophene rings is 1. The third-order valence-corrected chi connectivity index (χ3v) is 6.17. The van der Waals surface area contributed by atoms with Crippen LogP contribution < -0.4 is 5.32 Å². The summed E-state index contributed by atoms with van der Waals surface area (Å²) in [5.41, 5.74) is 2.32. The second-order valence-electron chi connectivity index (χ2n) is 6.46. The molecule has 0 saturated heterocycles. The number of amides is 1. The summed E-state index contributed by atoms with van der Waals surface area (Å²) in [6.45, 7) is 0. The molecule has 27 heavy (non-hydrogen) atoms. The standard InChI is InChI=1S/C21H22ClNO3S/c1-26-21(25)19-15-9-4-2-3-5-11-17(15)27-20(19)23-18(24)13-12-14-8-6-7-10-16(14)22/h6-8,10,12-13H,2-5,9,11H2,1H3,(H,23,24)/b13-12-. The van der Waals surface area contributed by atoms with Crippen molar-refractivity contribution in [1.82, 2.24) is 0 Å². The van der Waals surface area contributed by atoms with Crippen LogP contribution in [-0.2, 0) is 22.4 Å². The number of carbonyl (C=O) groups is 2. The summed E-state index contributed by atoms with van der Waals surface area (Å²) in [6, 6.07) is 7.30. The summed E-state index contributed by atoms with van der Waals surface area (Å²) in [5.74, 6) is -0.687. The van der Waals surface area contributed by atoms with E-state index in [0.29, 0.717) is 15.6 Å². The molecular weight excluding hydrogens is 382 g/mol. The first kappa shape index (κ1) is 19.6. The predicted molar refractivity (Wildman–Crippen MR) is 111 cm³/mol. The molecular formula is C21H22ClNO3S. The van der Waals surface area contributed by atoms with Gasteiger partial charge in [0.1, 0.15) is 5.00 Å². The molecule has 0 spiro atoms. The van der Waals surface area contributed by atoms with E-state index in [2.05, 4.69) is 5.32 Å². The SMILES string of the molecule is COC(=O)c1c(NC(=O)/C=C\c2ccccc2Cl)sc2c1CCCCCC2. The number of hydrogen-bond donors (Lipinski definition) is 1. The van der Waals surface area contributed by atoms with Crippen molar-refractivity contribution in [1.29, 1.82) is 0 Å². The van der Waals surface area contributed by atoms with Gasteiger partial charge in [0.2, 0.25) is 5.91 Å². The van der Waals surface area contributed by atoms with Crippen molar-refractivity contribution < 1.29 is 14.3 Å². The van der Waals surface area contributed by atoms with E-state index in [-0.39, 0.29) is 5.91 Å². The fourth-order valence-electron chi connectivity index (χ4n) is 3.25. The third-order valence-electron chi connectivity index (χ3n) is 4.62. The maximum atomic E-state index is 12.4. The fraction of sp³-hybridized carbons (Fsp3) is 0.333. The minimum Gasteiger partial charge on any atom is -0.465 e. The van der Waals surface area contributed by atoms with Gasteiger partial charge in [0.15, 0.2) is 0 Å². The number of aryl methyl sites for hydroxylation is 1. The van der Waals surface area contributed by atoms with Crippen LogP contribution in [0.2, 0.25) is 5.02 Å². The smallest absolute Gasteiger partial charge is 0.341 e. The number of esters is 1. The van der Waals surface area contributed by atoms with E-state index in [0.717, 1.165) is 43.2 Å². The lowest BCUT2D eigenvalue weighted by Gasteiger charge is -2.10. The van der Waals surface area contributed by atoms with Crippen LogP contribution in [0, 0.1) is 0 Å². The highest BCUT2D eigenvalue weighted by molar-refractivity contribution is 7.17. The Morgan fingerprint density at radius 3 is 2.63 bits per heavy atom. The zero-order valence-corrected chi connectivity index (χ0v) is 16.8. The van der Waals surface area contributed by atoms with Gasteiger partial charge in [-0.3, -0.25) is 4.79 Å². The van der Waals surface area contributed by atoms with Crippen LogP contribution in [0.4, 0.5) is 5.00 Å². The van der Waals surface area contributed by atoms with Crippen LogP contribution in [0.25, 0.3) is 6.08 Å². The monoisotopic (exact) mass is 403 g/mol. The Morgan fingerprint density at radius 2 is 1.89 bits per heavy atom. The van der Waals surface area contributed by atoms with Gasteiger partial charge in [-0.25, -0.2) is 4.79 Å². The maximum Gasteiger partial charge on any atom is 0.341 e. The molecule has 2 aromatic rings. The van der Waals surface area contributed by atoms with Crippen molar-refractivity contribution >= 4 is 45.9 Å². The highest BCUT2D eigenvalue weighted by Gasteiger charge is 2.25. The van der Waals surface area contributed by atoms with Crippen molar-refractivity contribution in [2.75, 3.05) is 12.4 Å². The van der Waals surface area contributed by atoms with E-state index >= 15 is 0 Å². The van der Waals surface area contributed by atoms with Crippen molar-refractivity contribution in [2.24, 2.45) is 0 Å². The van der Waals surface area contributed by atoms with Crippen LogP contribution in [0.5, 0.6) is 0 Å². The molecule has 1 amide bonds. The van der Waals surface area contributed by atoms with Crippen molar-refractivity contribution in [3.05, 3.63) is 56.9 Å². The number of nitrogens with one attached hydrogen (secondary N) is 1. The maximum absolute atomic E-state index is 12.4. The molecule has 1 aromatic carbocycles. The lowest BCUT2D eigenvalue weighted by Crippen LogP contribution is -2.12. The van der Waals surface area contributed by atoms with Crippen LogP contribution in [0.15, 0.2) is 30.3 Å². The molecule has 0 unspecified atom stereocenters. The average Bonchev–Trinajstić information content (AvgIpc) is 2.96. The van der Waals surface area contributed by atoms with E-state index < -0.39 is 5.97 Å². The number of fused-ring (bicyclic) bond motifs is 1. The fourth-order valence-corrected chi connectivity index (χ4v) is 4.73. The van der Waals surface area contributed by atoms with Crippen LogP contribution in [0.3, 0.4) is 0 Å². The van der Waals surface area contributed by atoms with Gasteiger partial charge in [-0.05, 0) is 49.0 Å². The molecule has 1 aromatic heterocycles. The number of ether oxygens (including phenoxy) is 1. The molecule has 3 rings (SSSR count). The highest BCUT2D eigenvalue weighted by atomic mass is 35.5. The molecule has 0 fully saturated rings. The van der Waals surface area contributed by atoms with Gasteiger partial charge in [-0.15, -0.1) is 11.3 Å². The minimum atomic E-state index is -0.390. The van der Waals surface area contributed by atoms with Gasteiger partial charge in [-0.1, -0.05) is 42.6 Å². The summed E-state index contributed by atoms with van der Waals surface area (Å²) in [4.78, 5) is 26.0. The molecule has 6 heteroatoms. The van der Waals surface area contributed by atoms with E-state index in [4.69, 9.17) is 16.3 Å². The number of benzene rings is 1. The number of anilines is 1. The zero-order valence-electron chi connectivity index (χ0n) is 15.2. The Balaban J connectivity index is 1.85. The molecule has 1 heterocycles. The zero-order chi connectivity index (χ0) is 19.2. The third kappa shape index (κ3) is 4.79. The summed E-state index contributed by atoms with van der Waals surface area (Å²) >= 11 is 7.60. The van der Waals surface area contributed by atoms with E-state index in [9.17, 15) is 9.59 Å². The Labute approximate surface area is 168 Å². The molecule has 4 nitrogen and oxygen atoms in total. The van der Waals surface area contributed by atoms with Gasteiger partial charge in [0, 0.05) is 16.0 Å². The largest absolute Gasteiger partial charge is 0.465 e. The van der Waals surface area contributed by atoms with Gasteiger partial charge in [0.05, 0.1) is 12.7 Å². The van der Waals surface area contributed by atoms with Gasteiger partial charge in [0.25, 0.3) is 0 Å². The predicted octanol–water partition coefficient (Wildman–Crippen LogP) is 5.50. The highest BCUT2D eigenvalue weighted by Crippen LogP contribution is 2.37. The van der Waals surface area contributed by atoms with Gasteiger partial charge in [-0.2, -0.15) is 0 Å². The quantitative estimate of drug-likeness (QED) is 0.541. The van der Waals surface area contributed by atoms with Gasteiger partial charge >= 0.3 is 5.97 Å². The van der Waals surface area contributed by atoms with E-state index in [1.165, 1.54) is 35.8 Å². The average molecular weight is 404 g/mol. The summed E-state index contributed by atoms with van der Waals surface area (Å²) in [6.07, 6.45) is 9.40. The normalized spacial score (nSPS) is 14.3. The number of halogens is 1. The van der Waals surface area contributed by atoms with E-state index in [1.54, 1.807) is 12.1 Å². The molecule has 0 bridgehead atoms. The molecule has 1 aliphatic rings. The number of rotatable bonds is 4. The molecule has 0 aliphatic heterocycles. The molecule has 1 aliphatic carbocycles. The first-order valence-electron chi connectivity index (χ1n) is 9.06. The first-order valence-corrected chi connectivity index (χ1v) is 10.3. The second kappa shape index (κ2) is 9.20. The molecule has 1 N–H and O–H groups in total. The molecule has 142 valence electrons. The summed E-state index contributed by atoms with van der Waals surface area (Å²) in [7, 11) is 1.37. The number of methoxy groups -OCH3 is 1. The Kier molecular flexibility index (Phi) is 6.69. The van der Waals surface area contributed by atoms with Gasteiger partial charge < -0.3 is 10.1 Å².